The zero-order chi connectivity index (χ0) is 14.2. The minimum Gasteiger partial charge on any atom is -0.492 e. The highest BCUT2D eigenvalue weighted by Crippen LogP contribution is 2.30. The number of hydrogen-bond donors (Lipinski definition) is 2. The van der Waals surface area contributed by atoms with Crippen LogP contribution >= 0.6 is 0 Å². The van der Waals surface area contributed by atoms with Crippen LogP contribution in [0.1, 0.15) is 63.5 Å². The van der Waals surface area contributed by atoms with Gasteiger partial charge >= 0.3 is 0 Å². The van der Waals surface area contributed by atoms with E-state index in [1.807, 2.05) is 19.2 Å². The molecule has 0 bridgehead atoms. The molecule has 0 spiro atoms. The molecule has 0 aliphatic heterocycles. The van der Waals surface area contributed by atoms with Gasteiger partial charge < -0.3 is 4.74 Å². The highest BCUT2D eigenvalue weighted by molar-refractivity contribution is 5.25. The summed E-state index contributed by atoms with van der Waals surface area (Å²) in [6.45, 7) is 2.64. The predicted octanol–water partition coefficient (Wildman–Crippen LogP) is 3.35. The molecule has 1 saturated carbocycles. The second-order valence-corrected chi connectivity index (χ2v) is 5.69. The van der Waals surface area contributed by atoms with E-state index < -0.39 is 0 Å². The summed E-state index contributed by atoms with van der Waals surface area (Å²) in [5.74, 6) is 7.43. The van der Waals surface area contributed by atoms with Crippen LogP contribution in [0.15, 0.2) is 18.5 Å². The molecule has 4 heteroatoms. The standard InChI is InChI=1S/C16H27N3O/c1-2-20-15-10-14(11-18-12-15)16(19-17)9-8-13-6-4-3-5-7-13/h10-13,16,19H,2-9,17H2,1H3. The summed E-state index contributed by atoms with van der Waals surface area (Å²) in [4.78, 5) is 4.25. The Labute approximate surface area is 122 Å². The van der Waals surface area contributed by atoms with E-state index in [9.17, 15) is 0 Å². The number of nitrogens with zero attached hydrogens (tertiary/aromatic N) is 1. The maximum Gasteiger partial charge on any atom is 0.137 e. The van der Waals surface area contributed by atoms with Gasteiger partial charge in [-0.3, -0.25) is 16.3 Å². The fraction of sp³-hybridized carbons (Fsp3) is 0.688. The first-order valence-electron chi connectivity index (χ1n) is 7.87. The van der Waals surface area contributed by atoms with Gasteiger partial charge in [-0.2, -0.15) is 0 Å². The van der Waals surface area contributed by atoms with Crippen molar-refractivity contribution in [2.24, 2.45) is 11.8 Å². The Morgan fingerprint density at radius 1 is 1.35 bits per heavy atom. The van der Waals surface area contributed by atoms with E-state index in [0.29, 0.717) is 6.61 Å². The van der Waals surface area contributed by atoms with Gasteiger partial charge in [0.05, 0.1) is 12.8 Å². The van der Waals surface area contributed by atoms with Gasteiger partial charge in [0.2, 0.25) is 0 Å². The largest absolute Gasteiger partial charge is 0.492 e. The Kier molecular flexibility index (Phi) is 6.27. The van der Waals surface area contributed by atoms with Crippen molar-refractivity contribution >= 4 is 0 Å². The number of hydrazine groups is 1. The molecule has 0 saturated heterocycles. The van der Waals surface area contributed by atoms with Crippen molar-refractivity contribution in [2.75, 3.05) is 6.61 Å². The van der Waals surface area contributed by atoms with Crippen molar-refractivity contribution in [3.05, 3.63) is 24.0 Å². The maximum absolute atomic E-state index is 5.73. The third-order valence-corrected chi connectivity index (χ3v) is 4.24. The minimum absolute atomic E-state index is 0.171. The van der Waals surface area contributed by atoms with Gasteiger partial charge in [0.15, 0.2) is 0 Å². The molecule has 1 aliphatic carbocycles. The Bertz CT molecular complexity index is 391. The lowest BCUT2D eigenvalue weighted by Gasteiger charge is -2.24. The SMILES string of the molecule is CCOc1cncc(C(CCC2CCCCC2)NN)c1. The first-order chi connectivity index (χ1) is 9.83. The van der Waals surface area contributed by atoms with E-state index in [0.717, 1.165) is 23.7 Å². The number of nitrogens with one attached hydrogen (secondary N) is 1. The van der Waals surface area contributed by atoms with Gasteiger partial charge in [0, 0.05) is 12.2 Å². The third-order valence-electron chi connectivity index (χ3n) is 4.24. The van der Waals surface area contributed by atoms with Gasteiger partial charge in [-0.15, -0.1) is 0 Å². The van der Waals surface area contributed by atoms with Crippen molar-refractivity contribution in [2.45, 2.75) is 57.9 Å². The first-order valence-corrected chi connectivity index (χ1v) is 7.87. The number of aromatic nitrogens is 1. The molecule has 1 aromatic heterocycles. The van der Waals surface area contributed by atoms with E-state index >= 15 is 0 Å². The van der Waals surface area contributed by atoms with E-state index in [1.54, 1.807) is 6.20 Å². The number of nitrogens with two attached hydrogens (primary N) is 1. The van der Waals surface area contributed by atoms with Gasteiger partial charge in [-0.05, 0) is 37.3 Å². The van der Waals surface area contributed by atoms with E-state index in [-0.39, 0.29) is 6.04 Å². The molecule has 4 nitrogen and oxygen atoms in total. The Hall–Kier alpha value is -1.13. The molecule has 0 amide bonds. The monoisotopic (exact) mass is 277 g/mol. The lowest BCUT2D eigenvalue weighted by molar-refractivity contribution is 0.313. The molecule has 1 aromatic rings. The fourth-order valence-corrected chi connectivity index (χ4v) is 3.10. The highest BCUT2D eigenvalue weighted by Gasteiger charge is 2.17. The molecule has 1 heterocycles. The minimum atomic E-state index is 0.171. The predicted molar refractivity (Wildman–Crippen MR) is 81.3 cm³/mol. The van der Waals surface area contributed by atoms with Gasteiger partial charge in [-0.25, -0.2) is 0 Å². The number of ether oxygens (including phenoxy) is 1. The molecule has 20 heavy (non-hydrogen) atoms. The van der Waals surface area contributed by atoms with Crippen LogP contribution < -0.4 is 16.0 Å². The topological polar surface area (TPSA) is 60.2 Å². The summed E-state index contributed by atoms with van der Waals surface area (Å²) in [6, 6.07) is 2.21. The van der Waals surface area contributed by atoms with Crippen molar-refractivity contribution < 1.29 is 4.74 Å². The molecular formula is C16H27N3O. The number of pyridine rings is 1. The second-order valence-electron chi connectivity index (χ2n) is 5.69. The zero-order valence-electron chi connectivity index (χ0n) is 12.5. The third kappa shape index (κ3) is 4.46. The smallest absolute Gasteiger partial charge is 0.137 e. The fourth-order valence-electron chi connectivity index (χ4n) is 3.10. The lowest BCUT2D eigenvalue weighted by Crippen LogP contribution is -2.28. The summed E-state index contributed by atoms with van der Waals surface area (Å²) in [6.07, 6.45) is 12.9. The number of rotatable bonds is 7. The van der Waals surface area contributed by atoms with Gasteiger partial charge in [-0.1, -0.05) is 32.1 Å². The highest BCUT2D eigenvalue weighted by atomic mass is 16.5. The van der Waals surface area contributed by atoms with E-state index in [2.05, 4.69) is 10.4 Å². The van der Waals surface area contributed by atoms with Crippen molar-refractivity contribution in [1.29, 1.82) is 0 Å². The Morgan fingerprint density at radius 3 is 2.85 bits per heavy atom. The van der Waals surface area contributed by atoms with Crippen LogP contribution in [-0.4, -0.2) is 11.6 Å². The summed E-state index contributed by atoms with van der Waals surface area (Å²) in [7, 11) is 0. The van der Waals surface area contributed by atoms with Crippen LogP contribution in [0.3, 0.4) is 0 Å². The molecule has 1 atom stereocenters. The maximum atomic E-state index is 5.73. The van der Waals surface area contributed by atoms with Crippen molar-refractivity contribution in [3.8, 4) is 5.75 Å². The summed E-state index contributed by atoms with van der Waals surface area (Å²) in [5, 5.41) is 0. The normalized spacial score (nSPS) is 17.9. The number of hydrogen-bond acceptors (Lipinski definition) is 4. The summed E-state index contributed by atoms with van der Waals surface area (Å²) < 4.78 is 5.50. The average molecular weight is 277 g/mol. The summed E-state index contributed by atoms with van der Waals surface area (Å²) >= 11 is 0. The quantitative estimate of drug-likeness (QED) is 0.593. The van der Waals surface area contributed by atoms with Crippen LogP contribution in [0.5, 0.6) is 5.75 Å². The summed E-state index contributed by atoms with van der Waals surface area (Å²) in [5.41, 5.74) is 4.05. The van der Waals surface area contributed by atoms with Gasteiger partial charge in [0.25, 0.3) is 0 Å². The van der Waals surface area contributed by atoms with Crippen LogP contribution in [-0.2, 0) is 0 Å². The zero-order valence-corrected chi connectivity index (χ0v) is 12.5. The molecule has 112 valence electrons. The lowest BCUT2D eigenvalue weighted by atomic mass is 9.84. The molecule has 1 aliphatic rings. The van der Waals surface area contributed by atoms with Crippen LogP contribution in [0, 0.1) is 5.92 Å². The molecule has 1 fully saturated rings. The average Bonchev–Trinajstić information content (AvgIpc) is 2.50. The molecule has 2 rings (SSSR count). The molecular weight excluding hydrogens is 250 g/mol. The van der Waals surface area contributed by atoms with Crippen molar-refractivity contribution in [1.82, 2.24) is 10.4 Å². The van der Waals surface area contributed by atoms with E-state index in [1.165, 1.54) is 38.5 Å². The van der Waals surface area contributed by atoms with Crippen molar-refractivity contribution in [3.63, 3.8) is 0 Å². The van der Waals surface area contributed by atoms with Gasteiger partial charge in [0.1, 0.15) is 5.75 Å². The van der Waals surface area contributed by atoms with Crippen LogP contribution in [0.2, 0.25) is 0 Å². The molecule has 3 N–H and O–H groups in total. The first kappa shape index (κ1) is 15.3. The van der Waals surface area contributed by atoms with E-state index in [4.69, 9.17) is 10.6 Å². The Balaban J connectivity index is 1.91. The second kappa shape index (κ2) is 8.22. The molecule has 0 radical (unpaired) electrons. The molecule has 0 aromatic carbocycles. The van der Waals surface area contributed by atoms with Crippen LogP contribution in [0.25, 0.3) is 0 Å². The van der Waals surface area contributed by atoms with Crippen LogP contribution in [0.4, 0.5) is 0 Å². The molecule has 1 unspecified atom stereocenters. The Morgan fingerprint density at radius 2 is 2.15 bits per heavy atom.